The molecule has 3 aliphatic heterocycles. The van der Waals surface area contributed by atoms with Crippen LogP contribution in [0.3, 0.4) is 0 Å². The molecule has 192 valence electrons. The van der Waals surface area contributed by atoms with Gasteiger partial charge in [-0.2, -0.15) is 5.10 Å². The summed E-state index contributed by atoms with van der Waals surface area (Å²) in [6, 6.07) is 4.59. The molecule has 5 heterocycles. The summed E-state index contributed by atoms with van der Waals surface area (Å²) >= 11 is 0. The number of aliphatic hydroxyl groups excluding tert-OH is 1. The third-order valence-electron chi connectivity index (χ3n) is 8.15. The Kier molecular flexibility index (Phi) is 7.84. The molecule has 9 nitrogen and oxygen atoms in total. The Hall–Kier alpha value is -2.23. The average Bonchev–Trinajstić information content (AvgIpc) is 3.36. The minimum absolute atomic E-state index is 0.0961. The third-order valence-corrected chi connectivity index (χ3v) is 8.15. The molecule has 1 atom stereocenters. The van der Waals surface area contributed by atoms with Gasteiger partial charge in [-0.1, -0.05) is 12.8 Å². The van der Waals surface area contributed by atoms with E-state index in [0.29, 0.717) is 11.7 Å². The molecule has 3 fully saturated rings. The molecule has 0 aromatic carbocycles. The van der Waals surface area contributed by atoms with E-state index in [9.17, 15) is 9.90 Å². The lowest BCUT2D eigenvalue weighted by molar-refractivity contribution is 0.0897. The highest BCUT2D eigenvalue weighted by Crippen LogP contribution is 2.24. The van der Waals surface area contributed by atoms with E-state index in [0.717, 1.165) is 81.9 Å². The zero-order valence-electron chi connectivity index (χ0n) is 21.2. The Morgan fingerprint density at radius 1 is 1.00 bits per heavy atom. The van der Waals surface area contributed by atoms with Crippen molar-refractivity contribution in [1.29, 1.82) is 0 Å². The molecule has 9 heteroatoms. The summed E-state index contributed by atoms with van der Waals surface area (Å²) in [6.45, 7) is 7.50. The number of hydrogen-bond acceptors (Lipinski definition) is 7. The van der Waals surface area contributed by atoms with Crippen LogP contribution in [0.25, 0.3) is 11.0 Å². The van der Waals surface area contributed by atoms with Crippen molar-refractivity contribution < 1.29 is 9.90 Å². The minimum atomic E-state index is -0.0961. The molecule has 2 aromatic rings. The van der Waals surface area contributed by atoms with Crippen LogP contribution < -0.4 is 10.2 Å². The summed E-state index contributed by atoms with van der Waals surface area (Å²) in [5.41, 5.74) is 1.25. The number of piperidine rings is 1. The molecule has 0 bridgehead atoms. The summed E-state index contributed by atoms with van der Waals surface area (Å²) in [5.74, 6) is 0.891. The Bertz CT molecular complexity index is 993. The molecule has 1 unspecified atom stereocenters. The third kappa shape index (κ3) is 5.62. The lowest BCUT2D eigenvalue weighted by atomic mass is 10.0. The van der Waals surface area contributed by atoms with Gasteiger partial charge in [-0.3, -0.25) is 9.69 Å². The number of anilines is 1. The van der Waals surface area contributed by atoms with Gasteiger partial charge in [0.25, 0.3) is 5.91 Å². The second-order valence-electron chi connectivity index (χ2n) is 10.5. The van der Waals surface area contributed by atoms with Gasteiger partial charge in [-0.25, -0.2) is 9.67 Å². The summed E-state index contributed by atoms with van der Waals surface area (Å²) in [5, 5.41) is 18.1. The molecule has 0 spiro atoms. The number of rotatable bonds is 7. The molecule has 3 saturated heterocycles. The highest BCUT2D eigenvalue weighted by Gasteiger charge is 2.27. The van der Waals surface area contributed by atoms with E-state index in [-0.39, 0.29) is 18.6 Å². The maximum Gasteiger partial charge on any atom is 0.272 e. The Balaban J connectivity index is 1.16. The summed E-state index contributed by atoms with van der Waals surface area (Å²) < 4.78 is 1.74. The number of fused-ring (bicyclic) bond motifs is 1. The van der Waals surface area contributed by atoms with Crippen molar-refractivity contribution in [3.05, 3.63) is 17.8 Å². The molecule has 0 radical (unpaired) electrons. The maximum absolute atomic E-state index is 13.2. The van der Waals surface area contributed by atoms with E-state index < -0.39 is 0 Å². The van der Waals surface area contributed by atoms with E-state index in [1.807, 2.05) is 19.2 Å². The number of nitrogens with one attached hydrogen (secondary N) is 1. The number of hydrogen-bond donors (Lipinski definition) is 2. The van der Waals surface area contributed by atoms with Crippen molar-refractivity contribution in [2.24, 2.45) is 7.05 Å². The van der Waals surface area contributed by atoms with Crippen LogP contribution in [0.4, 0.5) is 5.82 Å². The van der Waals surface area contributed by atoms with Crippen LogP contribution in [0.15, 0.2) is 12.1 Å². The van der Waals surface area contributed by atoms with Gasteiger partial charge in [0.1, 0.15) is 5.82 Å². The Morgan fingerprint density at radius 3 is 2.51 bits per heavy atom. The number of nitrogens with zero attached hydrogens (tertiary/aromatic N) is 6. The lowest BCUT2D eigenvalue weighted by Gasteiger charge is -2.34. The topological polar surface area (TPSA) is 89.8 Å². The van der Waals surface area contributed by atoms with Crippen LogP contribution in [0.2, 0.25) is 0 Å². The van der Waals surface area contributed by atoms with Gasteiger partial charge in [0, 0.05) is 58.4 Å². The minimum Gasteiger partial charge on any atom is -0.395 e. The molecular weight excluding hydrogens is 442 g/mol. The number of amides is 1. The monoisotopic (exact) mass is 483 g/mol. The normalized spacial score (nSPS) is 23.1. The molecular formula is C26H41N7O2. The highest BCUT2D eigenvalue weighted by molar-refractivity contribution is 6.04. The van der Waals surface area contributed by atoms with Crippen LogP contribution in [0, 0.1) is 0 Å². The predicted molar refractivity (Wildman–Crippen MR) is 138 cm³/mol. The first-order valence-electron chi connectivity index (χ1n) is 13.6. The van der Waals surface area contributed by atoms with Crippen molar-refractivity contribution in [3.8, 4) is 0 Å². The molecule has 2 aromatic heterocycles. The number of likely N-dealkylation sites (tertiary alicyclic amines) is 2. The van der Waals surface area contributed by atoms with Gasteiger partial charge in [-0.15, -0.1) is 0 Å². The molecule has 2 N–H and O–H groups in total. The maximum atomic E-state index is 13.2. The Labute approximate surface area is 208 Å². The highest BCUT2D eigenvalue weighted by atomic mass is 16.3. The van der Waals surface area contributed by atoms with Crippen molar-refractivity contribution in [1.82, 2.24) is 29.9 Å². The number of aliphatic hydroxyl groups is 1. The summed E-state index contributed by atoms with van der Waals surface area (Å²) in [7, 11) is 1.87. The van der Waals surface area contributed by atoms with Gasteiger partial charge in [-0.05, 0) is 57.2 Å². The first-order valence-corrected chi connectivity index (χ1v) is 13.6. The molecule has 0 saturated carbocycles. The molecule has 3 aliphatic rings. The van der Waals surface area contributed by atoms with Crippen molar-refractivity contribution >= 4 is 22.8 Å². The molecule has 5 rings (SSSR count). The first-order chi connectivity index (χ1) is 17.1. The standard InChI is InChI=1S/C26H41N7O2/c1-30-25-22(8-9-23(28-25)33-12-4-2-3-5-13-33)24(29-30)26(35)27-20-10-15-31(16-11-20)17-18-32-14-6-7-21(32)19-34/h8-9,20-21,34H,2-7,10-19H2,1H3,(H,27,35). The summed E-state index contributed by atoms with van der Waals surface area (Å²) in [4.78, 5) is 25.3. The fraction of sp³-hybridized carbons (Fsp3) is 0.731. The van der Waals surface area contributed by atoms with Crippen molar-refractivity contribution in [2.45, 2.75) is 63.5 Å². The van der Waals surface area contributed by atoms with Gasteiger partial charge in [0.05, 0.1) is 12.0 Å². The second-order valence-corrected chi connectivity index (χ2v) is 10.5. The number of pyridine rings is 1. The fourth-order valence-electron chi connectivity index (χ4n) is 5.99. The van der Waals surface area contributed by atoms with Crippen LogP contribution in [0.5, 0.6) is 0 Å². The number of carbonyl (C=O) groups excluding carboxylic acids is 1. The zero-order valence-corrected chi connectivity index (χ0v) is 21.2. The first kappa shape index (κ1) is 24.5. The van der Waals surface area contributed by atoms with Gasteiger partial charge >= 0.3 is 0 Å². The average molecular weight is 484 g/mol. The summed E-state index contributed by atoms with van der Waals surface area (Å²) in [6.07, 6.45) is 9.21. The van der Waals surface area contributed by atoms with Gasteiger partial charge < -0.3 is 20.2 Å². The van der Waals surface area contributed by atoms with Crippen molar-refractivity contribution in [2.75, 3.05) is 57.3 Å². The van der Waals surface area contributed by atoms with E-state index in [4.69, 9.17) is 4.98 Å². The van der Waals surface area contributed by atoms with E-state index in [1.54, 1.807) is 4.68 Å². The Morgan fingerprint density at radius 2 is 1.77 bits per heavy atom. The largest absolute Gasteiger partial charge is 0.395 e. The van der Waals surface area contributed by atoms with Gasteiger partial charge in [0.2, 0.25) is 0 Å². The fourth-order valence-corrected chi connectivity index (χ4v) is 5.99. The van der Waals surface area contributed by atoms with Crippen LogP contribution in [0.1, 0.15) is 61.9 Å². The van der Waals surface area contributed by atoms with Crippen LogP contribution >= 0.6 is 0 Å². The number of aromatic nitrogens is 3. The van der Waals surface area contributed by atoms with Crippen LogP contribution in [-0.2, 0) is 7.05 Å². The number of carbonyl (C=O) groups is 1. The molecule has 35 heavy (non-hydrogen) atoms. The zero-order chi connectivity index (χ0) is 24.2. The lowest BCUT2D eigenvalue weighted by Crippen LogP contribution is -2.47. The second kappa shape index (κ2) is 11.2. The predicted octanol–water partition coefficient (Wildman–Crippen LogP) is 2.00. The van der Waals surface area contributed by atoms with E-state index >= 15 is 0 Å². The number of aryl methyl sites for hydroxylation is 1. The smallest absolute Gasteiger partial charge is 0.272 e. The van der Waals surface area contributed by atoms with Gasteiger partial charge in [0.15, 0.2) is 11.3 Å². The van der Waals surface area contributed by atoms with E-state index in [1.165, 1.54) is 32.1 Å². The molecule has 0 aliphatic carbocycles. The van der Waals surface area contributed by atoms with Crippen molar-refractivity contribution in [3.63, 3.8) is 0 Å². The molecule has 1 amide bonds. The van der Waals surface area contributed by atoms with Crippen LogP contribution in [-0.4, -0.2) is 100 Å². The quantitative estimate of drug-likeness (QED) is 0.623. The van der Waals surface area contributed by atoms with E-state index in [2.05, 4.69) is 25.1 Å². The SMILES string of the molecule is Cn1nc(C(=O)NC2CCN(CCN3CCCC3CO)CC2)c2ccc(N3CCCCCC3)nc21.